The smallest absolute Gasteiger partial charge is 0.0784 e. The highest BCUT2D eigenvalue weighted by atomic mass is 16.5. The van der Waals surface area contributed by atoms with Crippen molar-refractivity contribution in [2.45, 2.75) is 11.6 Å². The van der Waals surface area contributed by atoms with Crippen molar-refractivity contribution in [1.82, 2.24) is 10.6 Å². The third-order valence-corrected chi connectivity index (χ3v) is 3.25. The van der Waals surface area contributed by atoms with Crippen molar-refractivity contribution in [2.75, 3.05) is 26.3 Å². The van der Waals surface area contributed by atoms with Crippen molar-refractivity contribution in [3.8, 4) is 0 Å². The average Bonchev–Trinajstić information content (AvgIpc) is 2.28. The van der Waals surface area contributed by atoms with Gasteiger partial charge in [-0.05, 0) is 5.56 Å². The standard InChI is InChI=1S/C12H16N2O/c1-2-4-10(5-3-1)11-6-13-7-12(14-11)8-15-9-12/h1-5,11,13-14H,6-9H2/t11-/m1/s1. The fourth-order valence-corrected chi connectivity index (χ4v) is 2.35. The van der Waals surface area contributed by atoms with E-state index in [0.717, 1.165) is 26.3 Å². The molecule has 2 heterocycles. The second kappa shape index (κ2) is 3.59. The molecular formula is C12H16N2O. The van der Waals surface area contributed by atoms with Gasteiger partial charge in [0.1, 0.15) is 0 Å². The molecule has 0 aromatic heterocycles. The van der Waals surface area contributed by atoms with Crippen LogP contribution in [0.15, 0.2) is 30.3 Å². The van der Waals surface area contributed by atoms with E-state index in [1.807, 2.05) is 0 Å². The van der Waals surface area contributed by atoms with Crippen LogP contribution in [-0.4, -0.2) is 31.8 Å². The zero-order valence-electron chi connectivity index (χ0n) is 8.70. The molecule has 15 heavy (non-hydrogen) atoms. The SMILES string of the molecule is c1ccc([C@H]2CNCC3(COC3)N2)cc1. The van der Waals surface area contributed by atoms with Gasteiger partial charge in [-0.3, -0.25) is 5.32 Å². The molecule has 2 saturated heterocycles. The van der Waals surface area contributed by atoms with Gasteiger partial charge in [-0.2, -0.15) is 0 Å². The number of piperazine rings is 1. The summed E-state index contributed by atoms with van der Waals surface area (Å²) in [5.74, 6) is 0. The first-order valence-electron chi connectivity index (χ1n) is 5.49. The number of ether oxygens (including phenoxy) is 1. The molecule has 0 unspecified atom stereocenters. The Labute approximate surface area is 89.8 Å². The molecule has 0 amide bonds. The Hall–Kier alpha value is -0.900. The average molecular weight is 204 g/mol. The van der Waals surface area contributed by atoms with E-state index in [9.17, 15) is 0 Å². The number of rotatable bonds is 1. The molecule has 1 aromatic rings. The van der Waals surface area contributed by atoms with Gasteiger partial charge < -0.3 is 10.1 Å². The van der Waals surface area contributed by atoms with E-state index < -0.39 is 0 Å². The number of hydrogen-bond acceptors (Lipinski definition) is 3. The molecule has 80 valence electrons. The monoisotopic (exact) mass is 204 g/mol. The quantitative estimate of drug-likeness (QED) is 0.706. The van der Waals surface area contributed by atoms with Crippen LogP contribution in [0.1, 0.15) is 11.6 Å². The molecular weight excluding hydrogens is 188 g/mol. The van der Waals surface area contributed by atoms with Crippen molar-refractivity contribution in [3.63, 3.8) is 0 Å². The normalized spacial score (nSPS) is 28.7. The molecule has 2 aliphatic heterocycles. The molecule has 1 aromatic carbocycles. The Balaban J connectivity index is 1.77. The van der Waals surface area contributed by atoms with Crippen LogP contribution >= 0.6 is 0 Å². The van der Waals surface area contributed by atoms with Gasteiger partial charge in [-0.25, -0.2) is 0 Å². The van der Waals surface area contributed by atoms with Crippen molar-refractivity contribution < 1.29 is 4.74 Å². The molecule has 1 spiro atoms. The largest absolute Gasteiger partial charge is 0.377 e. The number of nitrogens with one attached hydrogen (secondary N) is 2. The fraction of sp³-hybridized carbons (Fsp3) is 0.500. The minimum atomic E-state index is 0.193. The van der Waals surface area contributed by atoms with E-state index in [4.69, 9.17) is 4.74 Å². The predicted molar refractivity (Wildman–Crippen MR) is 58.7 cm³/mol. The summed E-state index contributed by atoms with van der Waals surface area (Å²) in [4.78, 5) is 0. The van der Waals surface area contributed by atoms with Gasteiger partial charge in [0, 0.05) is 19.1 Å². The maximum Gasteiger partial charge on any atom is 0.0784 e. The van der Waals surface area contributed by atoms with Crippen molar-refractivity contribution >= 4 is 0 Å². The first-order chi connectivity index (χ1) is 7.38. The Morgan fingerprint density at radius 2 is 2.00 bits per heavy atom. The molecule has 3 nitrogen and oxygen atoms in total. The fourth-order valence-electron chi connectivity index (χ4n) is 2.35. The maximum absolute atomic E-state index is 5.30. The van der Waals surface area contributed by atoms with Crippen LogP contribution in [0.3, 0.4) is 0 Å². The molecule has 2 aliphatic rings. The summed E-state index contributed by atoms with van der Waals surface area (Å²) in [6, 6.07) is 11.0. The van der Waals surface area contributed by atoms with Crippen LogP contribution in [0.4, 0.5) is 0 Å². The lowest BCUT2D eigenvalue weighted by atomic mass is 9.91. The Bertz CT molecular complexity index is 335. The summed E-state index contributed by atoms with van der Waals surface area (Å²) < 4.78 is 5.30. The second-order valence-electron chi connectivity index (χ2n) is 4.51. The third-order valence-electron chi connectivity index (χ3n) is 3.25. The molecule has 0 aliphatic carbocycles. The van der Waals surface area contributed by atoms with Crippen molar-refractivity contribution in [2.24, 2.45) is 0 Å². The topological polar surface area (TPSA) is 33.3 Å². The summed E-state index contributed by atoms with van der Waals surface area (Å²) in [5.41, 5.74) is 1.55. The Morgan fingerprint density at radius 3 is 2.67 bits per heavy atom. The summed E-state index contributed by atoms with van der Waals surface area (Å²) in [6.07, 6.45) is 0. The summed E-state index contributed by atoms with van der Waals surface area (Å²) >= 11 is 0. The molecule has 3 rings (SSSR count). The molecule has 3 heteroatoms. The molecule has 0 saturated carbocycles. The Morgan fingerprint density at radius 1 is 1.20 bits per heavy atom. The molecule has 1 atom stereocenters. The van der Waals surface area contributed by atoms with Gasteiger partial charge in [-0.15, -0.1) is 0 Å². The van der Waals surface area contributed by atoms with E-state index in [2.05, 4.69) is 41.0 Å². The predicted octanol–water partition coefficient (Wildman–Crippen LogP) is 0.689. The zero-order valence-corrected chi connectivity index (χ0v) is 8.70. The first-order valence-corrected chi connectivity index (χ1v) is 5.49. The van der Waals surface area contributed by atoms with Crippen LogP contribution < -0.4 is 10.6 Å². The lowest BCUT2D eigenvalue weighted by Gasteiger charge is -2.48. The van der Waals surface area contributed by atoms with Crippen LogP contribution in [0.2, 0.25) is 0 Å². The molecule has 2 N–H and O–H groups in total. The summed E-state index contributed by atoms with van der Waals surface area (Å²) in [7, 11) is 0. The van der Waals surface area contributed by atoms with E-state index in [-0.39, 0.29) is 5.54 Å². The van der Waals surface area contributed by atoms with Crippen LogP contribution in [0, 0.1) is 0 Å². The highest BCUT2D eigenvalue weighted by Crippen LogP contribution is 2.25. The molecule has 0 radical (unpaired) electrons. The highest BCUT2D eigenvalue weighted by molar-refractivity contribution is 5.21. The minimum absolute atomic E-state index is 0.193. The molecule has 2 fully saturated rings. The van der Waals surface area contributed by atoms with Gasteiger partial charge in [0.25, 0.3) is 0 Å². The van der Waals surface area contributed by atoms with Crippen LogP contribution in [0.5, 0.6) is 0 Å². The third kappa shape index (κ3) is 1.67. The van der Waals surface area contributed by atoms with Crippen LogP contribution in [0.25, 0.3) is 0 Å². The van der Waals surface area contributed by atoms with Crippen molar-refractivity contribution in [1.29, 1.82) is 0 Å². The number of hydrogen-bond donors (Lipinski definition) is 2. The van der Waals surface area contributed by atoms with Gasteiger partial charge in [-0.1, -0.05) is 30.3 Å². The summed E-state index contributed by atoms with van der Waals surface area (Å²) in [6.45, 7) is 3.70. The summed E-state index contributed by atoms with van der Waals surface area (Å²) in [5, 5.41) is 7.18. The van der Waals surface area contributed by atoms with E-state index in [0.29, 0.717) is 6.04 Å². The molecule has 0 bridgehead atoms. The van der Waals surface area contributed by atoms with Crippen molar-refractivity contribution in [3.05, 3.63) is 35.9 Å². The van der Waals surface area contributed by atoms with Gasteiger partial charge in [0.05, 0.1) is 18.8 Å². The van der Waals surface area contributed by atoms with E-state index in [1.165, 1.54) is 5.56 Å². The van der Waals surface area contributed by atoms with Gasteiger partial charge >= 0.3 is 0 Å². The lowest BCUT2D eigenvalue weighted by molar-refractivity contribution is -0.0867. The Kier molecular flexibility index (Phi) is 2.24. The minimum Gasteiger partial charge on any atom is -0.377 e. The van der Waals surface area contributed by atoms with E-state index in [1.54, 1.807) is 0 Å². The lowest BCUT2D eigenvalue weighted by Crippen LogP contribution is -2.70. The number of benzene rings is 1. The van der Waals surface area contributed by atoms with Crippen LogP contribution in [-0.2, 0) is 4.74 Å². The van der Waals surface area contributed by atoms with Gasteiger partial charge in [0.2, 0.25) is 0 Å². The maximum atomic E-state index is 5.30. The second-order valence-corrected chi connectivity index (χ2v) is 4.51. The first kappa shape index (κ1) is 9.33. The van der Waals surface area contributed by atoms with Gasteiger partial charge in [0.15, 0.2) is 0 Å². The highest BCUT2D eigenvalue weighted by Gasteiger charge is 2.42. The zero-order chi connectivity index (χ0) is 10.1. The van der Waals surface area contributed by atoms with E-state index >= 15 is 0 Å².